The lowest BCUT2D eigenvalue weighted by Gasteiger charge is -2.02. The van der Waals surface area contributed by atoms with Crippen LogP contribution in [-0.4, -0.2) is 15.7 Å². The van der Waals surface area contributed by atoms with Gasteiger partial charge in [-0.1, -0.05) is 0 Å². The molecule has 17 heavy (non-hydrogen) atoms. The minimum Gasteiger partial charge on any atom is -0.348 e. The van der Waals surface area contributed by atoms with Gasteiger partial charge in [-0.3, -0.25) is 9.48 Å². The van der Waals surface area contributed by atoms with Gasteiger partial charge in [0.05, 0.1) is 14.1 Å². The molecule has 0 atom stereocenters. The first-order valence-corrected chi connectivity index (χ1v) is 7.03. The summed E-state index contributed by atoms with van der Waals surface area (Å²) in [5, 5.41) is 8.99. The molecule has 1 N–H and O–H groups in total. The zero-order chi connectivity index (χ0) is 12.4. The molecular formula is C11H12IN3OS. The third-order valence-corrected chi connectivity index (χ3v) is 4.17. The highest BCUT2D eigenvalue weighted by Crippen LogP contribution is 2.16. The van der Waals surface area contributed by atoms with Crippen LogP contribution in [0.3, 0.4) is 0 Å². The fraction of sp³-hybridized carbons (Fsp3) is 0.273. The van der Waals surface area contributed by atoms with Gasteiger partial charge in [0.15, 0.2) is 0 Å². The summed E-state index contributed by atoms with van der Waals surface area (Å²) in [4.78, 5) is 11.8. The van der Waals surface area contributed by atoms with Crippen LogP contribution in [0.2, 0.25) is 0 Å². The second kappa shape index (κ2) is 5.18. The Hall–Kier alpha value is -0.890. The summed E-state index contributed by atoms with van der Waals surface area (Å²) in [5.74, 6) is -0.0348. The van der Waals surface area contributed by atoms with Gasteiger partial charge < -0.3 is 5.32 Å². The Labute approximate surface area is 117 Å². The van der Waals surface area contributed by atoms with Crippen molar-refractivity contribution in [3.05, 3.63) is 37.3 Å². The van der Waals surface area contributed by atoms with E-state index in [-0.39, 0.29) is 5.91 Å². The number of carbonyl (C=O) groups excluding carboxylic acids is 1. The summed E-state index contributed by atoms with van der Waals surface area (Å²) >= 11 is 3.78. The number of aryl methyl sites for hydroxylation is 2. The number of thiophene rings is 1. The predicted molar refractivity (Wildman–Crippen MR) is 76.2 cm³/mol. The number of nitrogens with one attached hydrogen (secondary N) is 1. The van der Waals surface area contributed by atoms with Crippen molar-refractivity contribution in [2.75, 3.05) is 0 Å². The highest BCUT2D eigenvalue weighted by molar-refractivity contribution is 14.1. The van der Waals surface area contributed by atoms with E-state index in [1.807, 2.05) is 31.6 Å². The molecule has 2 heterocycles. The SMILES string of the molecule is Cc1nn(C)cc1CNC(=O)c1csc(I)c1. The summed E-state index contributed by atoms with van der Waals surface area (Å²) < 4.78 is 2.87. The number of nitrogens with zero attached hydrogens (tertiary/aromatic N) is 2. The first kappa shape index (κ1) is 12.6. The third kappa shape index (κ3) is 3.06. The largest absolute Gasteiger partial charge is 0.348 e. The van der Waals surface area contributed by atoms with E-state index in [4.69, 9.17) is 0 Å². The van der Waals surface area contributed by atoms with Gasteiger partial charge in [0, 0.05) is 30.7 Å². The lowest BCUT2D eigenvalue weighted by molar-refractivity contribution is 0.0951. The van der Waals surface area contributed by atoms with Gasteiger partial charge in [0.1, 0.15) is 0 Å². The molecule has 0 unspecified atom stereocenters. The van der Waals surface area contributed by atoms with Gasteiger partial charge in [-0.15, -0.1) is 11.3 Å². The van der Waals surface area contributed by atoms with Crippen LogP contribution in [0.25, 0.3) is 0 Å². The van der Waals surface area contributed by atoms with Crippen molar-refractivity contribution >= 4 is 39.8 Å². The topological polar surface area (TPSA) is 46.9 Å². The van der Waals surface area contributed by atoms with E-state index in [0.717, 1.165) is 19.7 Å². The second-order valence-electron chi connectivity index (χ2n) is 3.74. The van der Waals surface area contributed by atoms with Crippen molar-refractivity contribution in [1.82, 2.24) is 15.1 Å². The molecule has 6 heteroatoms. The Morgan fingerprint density at radius 1 is 1.65 bits per heavy atom. The van der Waals surface area contributed by atoms with Crippen molar-refractivity contribution in [2.45, 2.75) is 13.5 Å². The number of halogens is 1. The van der Waals surface area contributed by atoms with E-state index >= 15 is 0 Å². The monoisotopic (exact) mass is 361 g/mol. The van der Waals surface area contributed by atoms with Gasteiger partial charge in [-0.05, 0) is 35.6 Å². The molecule has 0 aliphatic rings. The molecule has 1 amide bonds. The summed E-state index contributed by atoms with van der Waals surface area (Å²) in [6, 6.07) is 1.89. The molecule has 0 aliphatic heterocycles. The molecule has 0 aliphatic carbocycles. The lowest BCUT2D eigenvalue weighted by atomic mass is 10.2. The lowest BCUT2D eigenvalue weighted by Crippen LogP contribution is -2.22. The Bertz CT molecular complexity index is 547. The molecule has 0 saturated carbocycles. The van der Waals surface area contributed by atoms with Gasteiger partial charge in [0.25, 0.3) is 5.91 Å². The highest BCUT2D eigenvalue weighted by Gasteiger charge is 2.09. The molecule has 0 radical (unpaired) electrons. The smallest absolute Gasteiger partial charge is 0.252 e. The minimum atomic E-state index is -0.0348. The molecular weight excluding hydrogens is 349 g/mol. The number of aromatic nitrogens is 2. The zero-order valence-electron chi connectivity index (χ0n) is 9.53. The maximum absolute atomic E-state index is 11.8. The van der Waals surface area contributed by atoms with Crippen molar-refractivity contribution in [3.63, 3.8) is 0 Å². The maximum Gasteiger partial charge on any atom is 0.252 e. The zero-order valence-corrected chi connectivity index (χ0v) is 12.5. The van der Waals surface area contributed by atoms with E-state index in [1.54, 1.807) is 16.0 Å². The standard InChI is InChI=1S/C11H12IN3OS/c1-7-9(5-15(2)14-7)4-13-11(16)8-3-10(12)17-6-8/h3,5-6H,4H2,1-2H3,(H,13,16). The van der Waals surface area contributed by atoms with Crippen LogP contribution in [-0.2, 0) is 13.6 Å². The molecule has 0 aromatic carbocycles. The number of carbonyl (C=O) groups is 1. The summed E-state index contributed by atoms with van der Waals surface area (Å²) in [5.41, 5.74) is 2.72. The number of hydrogen-bond donors (Lipinski definition) is 1. The number of rotatable bonds is 3. The average Bonchev–Trinajstić information content (AvgIpc) is 2.82. The normalized spacial score (nSPS) is 10.5. The Morgan fingerprint density at radius 3 is 2.94 bits per heavy atom. The molecule has 0 bridgehead atoms. The molecule has 2 aromatic rings. The second-order valence-corrected chi connectivity index (χ2v) is 6.54. The van der Waals surface area contributed by atoms with E-state index in [9.17, 15) is 4.79 Å². The van der Waals surface area contributed by atoms with Crippen molar-refractivity contribution in [2.24, 2.45) is 7.05 Å². The fourth-order valence-electron chi connectivity index (χ4n) is 1.53. The van der Waals surface area contributed by atoms with Crippen LogP contribution in [0.1, 0.15) is 21.6 Å². The van der Waals surface area contributed by atoms with Gasteiger partial charge in [0.2, 0.25) is 0 Å². The van der Waals surface area contributed by atoms with E-state index in [2.05, 4.69) is 33.0 Å². The van der Waals surface area contributed by atoms with Crippen LogP contribution in [0.4, 0.5) is 0 Å². The first-order valence-electron chi connectivity index (χ1n) is 5.07. The van der Waals surface area contributed by atoms with Crippen molar-refractivity contribution in [1.29, 1.82) is 0 Å². The molecule has 4 nitrogen and oxygen atoms in total. The van der Waals surface area contributed by atoms with E-state index < -0.39 is 0 Å². The highest BCUT2D eigenvalue weighted by atomic mass is 127. The fourth-order valence-corrected chi connectivity index (χ4v) is 2.86. The van der Waals surface area contributed by atoms with Crippen LogP contribution >= 0.6 is 33.9 Å². The number of hydrogen-bond acceptors (Lipinski definition) is 3. The molecule has 2 aromatic heterocycles. The van der Waals surface area contributed by atoms with Crippen molar-refractivity contribution < 1.29 is 4.79 Å². The first-order chi connectivity index (χ1) is 8.06. The van der Waals surface area contributed by atoms with Crippen molar-refractivity contribution in [3.8, 4) is 0 Å². The van der Waals surface area contributed by atoms with Gasteiger partial charge >= 0.3 is 0 Å². The molecule has 0 spiro atoms. The molecule has 2 rings (SSSR count). The number of amides is 1. The van der Waals surface area contributed by atoms with Gasteiger partial charge in [-0.2, -0.15) is 5.10 Å². The van der Waals surface area contributed by atoms with Crippen LogP contribution in [0.15, 0.2) is 17.6 Å². The third-order valence-electron chi connectivity index (χ3n) is 2.38. The summed E-state index contributed by atoms with van der Waals surface area (Å²) in [7, 11) is 1.87. The van der Waals surface area contributed by atoms with Crippen LogP contribution in [0, 0.1) is 9.81 Å². The summed E-state index contributed by atoms with van der Waals surface area (Å²) in [6.07, 6.45) is 1.92. The predicted octanol–water partition coefficient (Wildman–Crippen LogP) is 2.32. The summed E-state index contributed by atoms with van der Waals surface area (Å²) in [6.45, 7) is 2.46. The van der Waals surface area contributed by atoms with E-state index in [0.29, 0.717) is 6.54 Å². The molecule has 0 saturated heterocycles. The van der Waals surface area contributed by atoms with Gasteiger partial charge in [-0.25, -0.2) is 0 Å². The molecule has 90 valence electrons. The van der Waals surface area contributed by atoms with Crippen LogP contribution in [0.5, 0.6) is 0 Å². The Kier molecular flexibility index (Phi) is 3.82. The maximum atomic E-state index is 11.8. The Morgan fingerprint density at radius 2 is 2.41 bits per heavy atom. The average molecular weight is 361 g/mol. The van der Waals surface area contributed by atoms with E-state index in [1.165, 1.54) is 0 Å². The Balaban J connectivity index is 1.99. The molecule has 0 fully saturated rings. The quantitative estimate of drug-likeness (QED) is 0.853. The minimum absolute atomic E-state index is 0.0348. The van der Waals surface area contributed by atoms with Crippen LogP contribution < -0.4 is 5.32 Å².